The van der Waals surface area contributed by atoms with Gasteiger partial charge in [-0.2, -0.15) is 37.9 Å². The second-order valence-corrected chi connectivity index (χ2v) is 16.7. The number of nitrogens with two attached hydrogens (primary N) is 1. The quantitative estimate of drug-likeness (QED) is 0.126. The summed E-state index contributed by atoms with van der Waals surface area (Å²) in [6.45, 7) is 7.41. The maximum atomic E-state index is 15.1. The van der Waals surface area contributed by atoms with Crippen LogP contribution < -0.4 is 16.4 Å². The van der Waals surface area contributed by atoms with E-state index in [0.717, 1.165) is 18.2 Å². The minimum atomic E-state index is -4.48. The van der Waals surface area contributed by atoms with Crippen LogP contribution in [0.4, 0.5) is 39.7 Å². The molecule has 0 bridgehead atoms. The van der Waals surface area contributed by atoms with E-state index in [2.05, 4.69) is 50.5 Å². The lowest BCUT2D eigenvalue weighted by atomic mass is 10.0. The summed E-state index contributed by atoms with van der Waals surface area (Å²) >= 11 is 0. The van der Waals surface area contributed by atoms with E-state index in [1.165, 1.54) is 23.1 Å². The van der Waals surface area contributed by atoms with E-state index in [1.807, 2.05) is 0 Å². The highest BCUT2D eigenvalue weighted by Crippen LogP contribution is 2.58. The number of alkyl halides is 3. The number of carbonyl (C=O) groups excluding carboxylic acids is 1. The van der Waals surface area contributed by atoms with Gasteiger partial charge in [0.25, 0.3) is 0 Å². The van der Waals surface area contributed by atoms with Gasteiger partial charge in [0.05, 0.1) is 11.1 Å². The van der Waals surface area contributed by atoms with Crippen molar-refractivity contribution in [1.29, 1.82) is 0 Å². The van der Waals surface area contributed by atoms with Crippen molar-refractivity contribution in [3.8, 4) is 11.3 Å². The predicted molar refractivity (Wildman–Crippen MR) is 145 cm³/mol. The molecule has 0 spiro atoms. The zero-order chi connectivity index (χ0) is 29.6. The molecular formula is C25H28F4N8O3Si-. The first-order valence-electron chi connectivity index (χ1n) is 12.7. The van der Waals surface area contributed by atoms with E-state index >= 15 is 4.39 Å². The molecule has 16 heteroatoms. The molecule has 0 unspecified atom stereocenters. The monoisotopic (exact) mass is 592 g/mol. The summed E-state index contributed by atoms with van der Waals surface area (Å²) in [6, 6.07) is 5.05. The van der Waals surface area contributed by atoms with E-state index in [9.17, 15) is 18.0 Å². The molecule has 0 atom stereocenters. The molecular weight excluding hydrogens is 564 g/mol. The van der Waals surface area contributed by atoms with Crippen molar-refractivity contribution >= 4 is 42.5 Å². The number of carbonyl (C=O) groups is 1. The lowest BCUT2D eigenvalue weighted by Crippen LogP contribution is -2.28. The van der Waals surface area contributed by atoms with Gasteiger partial charge in [-0.05, 0) is 25.0 Å². The third kappa shape index (κ3) is 5.88. The molecule has 0 aliphatic heterocycles. The molecule has 3 heterocycles. The minimum Gasteiger partial charge on any atom is -0.383 e. The summed E-state index contributed by atoms with van der Waals surface area (Å²) in [5.74, 6) is -0.940. The number of rotatable bonds is 9. The molecule has 11 nitrogen and oxygen atoms in total. The van der Waals surface area contributed by atoms with Crippen LogP contribution in [0.1, 0.15) is 18.5 Å². The molecule has 1 aliphatic rings. The van der Waals surface area contributed by atoms with E-state index in [1.54, 1.807) is 0 Å². The van der Waals surface area contributed by atoms with Gasteiger partial charge in [-0.25, -0.2) is 23.8 Å². The second-order valence-electron chi connectivity index (χ2n) is 11.1. The Morgan fingerprint density at radius 1 is 1.20 bits per heavy atom. The zero-order valence-electron chi connectivity index (χ0n) is 22.5. The van der Waals surface area contributed by atoms with Gasteiger partial charge >= 0.3 is 12.2 Å². The van der Waals surface area contributed by atoms with Gasteiger partial charge in [-0.1, -0.05) is 11.2 Å². The molecule has 4 N–H and O–H groups in total. The largest absolute Gasteiger partial charge is 0.400 e. The normalized spacial score (nSPS) is 14.8. The fourth-order valence-electron chi connectivity index (χ4n) is 4.25. The summed E-state index contributed by atoms with van der Waals surface area (Å²) in [5.41, 5.74) is 4.65. The van der Waals surface area contributed by atoms with Crippen LogP contribution in [0.5, 0.6) is 0 Å². The number of benzene rings is 1. The Balaban J connectivity index is 1.30. The number of urea groups is 1. The number of hydrogen-bond donors (Lipinski definition) is 3. The van der Waals surface area contributed by atoms with Gasteiger partial charge in [0.2, 0.25) is 5.88 Å². The lowest BCUT2D eigenvalue weighted by Gasteiger charge is -2.26. The number of hydrogen-bond acceptors (Lipinski definition) is 8. The molecule has 4 aromatic rings. The number of aromatic nitrogens is 5. The van der Waals surface area contributed by atoms with Crippen molar-refractivity contribution in [2.24, 2.45) is 0 Å². The topological polar surface area (TPSA) is 146 Å². The molecule has 219 valence electrons. The number of ether oxygens (including phenoxy) is 1. The molecule has 1 fully saturated rings. The van der Waals surface area contributed by atoms with Crippen LogP contribution in [0.2, 0.25) is 25.7 Å². The van der Waals surface area contributed by atoms with Crippen molar-refractivity contribution in [2.75, 3.05) is 23.0 Å². The molecule has 1 saturated carbocycles. The van der Waals surface area contributed by atoms with Crippen molar-refractivity contribution in [2.45, 2.75) is 56.8 Å². The Morgan fingerprint density at radius 3 is 2.61 bits per heavy atom. The standard InChI is InChI=1S/C25H28F4N8O3Si/c1-41(2,3)9-8-39-13-37-22-19(21(30)31-12-32-22)20(35-37)14-4-5-16(15(26)10-14)33-23(38)34-18-11-17(36-40-18)24(6-7-24)25(27,28)29/h4-5,10-12H,6-9,13H2,1-3H3,(H2,30,31,32)(H2,33,34,38)/q-1. The minimum absolute atomic E-state index is 0.108. The number of fused-ring (bicyclic) bond motifs is 1. The fourth-order valence-corrected chi connectivity index (χ4v) is 5.01. The average Bonchev–Trinajstić information content (AvgIpc) is 3.44. The Labute approximate surface area is 232 Å². The van der Waals surface area contributed by atoms with Crippen molar-refractivity contribution in [3.63, 3.8) is 0 Å². The van der Waals surface area contributed by atoms with Gasteiger partial charge in [-0.3, -0.25) is 5.32 Å². The number of nitrogen functional groups attached to an aromatic ring is 1. The van der Waals surface area contributed by atoms with E-state index < -0.39 is 31.5 Å². The Hall–Kier alpha value is -4.05. The van der Waals surface area contributed by atoms with Gasteiger partial charge in [0.1, 0.15) is 41.5 Å². The van der Waals surface area contributed by atoms with Crippen LogP contribution in [0.3, 0.4) is 0 Å². The summed E-state index contributed by atoms with van der Waals surface area (Å²) in [5, 5.41) is 13.0. The van der Waals surface area contributed by atoms with Gasteiger partial charge in [0.15, 0.2) is 5.65 Å². The maximum Gasteiger partial charge on any atom is 0.400 e. The van der Waals surface area contributed by atoms with Gasteiger partial charge in [-0.15, -0.1) is 14.1 Å². The van der Waals surface area contributed by atoms with Crippen LogP contribution in [-0.2, 0) is 16.9 Å². The first kappa shape index (κ1) is 28.5. The third-order valence-electron chi connectivity index (χ3n) is 6.79. The molecule has 1 aliphatic carbocycles. The first-order valence-corrected chi connectivity index (χ1v) is 16.4. The van der Waals surface area contributed by atoms with Gasteiger partial charge in [0, 0.05) is 18.2 Å². The van der Waals surface area contributed by atoms with E-state index in [0.29, 0.717) is 28.9 Å². The van der Waals surface area contributed by atoms with E-state index in [4.69, 9.17) is 15.0 Å². The molecule has 5 rings (SSSR count). The Kier molecular flexibility index (Phi) is 7.23. The Morgan fingerprint density at radius 2 is 1.95 bits per heavy atom. The average molecular weight is 593 g/mol. The number of nitrogens with one attached hydrogen (secondary N) is 2. The van der Waals surface area contributed by atoms with Crippen molar-refractivity contribution in [3.05, 3.63) is 42.1 Å². The smallest absolute Gasteiger partial charge is 0.383 e. The number of anilines is 3. The van der Waals surface area contributed by atoms with Gasteiger partial charge < -0.3 is 20.3 Å². The highest BCUT2D eigenvalue weighted by molar-refractivity contribution is 6.76. The molecule has 3 aromatic heterocycles. The van der Waals surface area contributed by atoms with Crippen LogP contribution in [-0.4, -0.2) is 51.8 Å². The summed E-state index contributed by atoms with van der Waals surface area (Å²) in [4.78, 5) is 20.7. The Bertz CT molecular complexity index is 1590. The number of halogens is 4. The van der Waals surface area contributed by atoms with Crippen molar-refractivity contribution in [1.82, 2.24) is 24.9 Å². The SMILES string of the molecule is C[Si-](C)(C)CCOCn1nc(-c2ccc(NC(=O)Nc3cc(C4(C(F)(F)F)CC4)no3)c(F)c2)c2c(N)ncnc21. The number of amides is 2. The molecule has 2 amide bonds. The summed E-state index contributed by atoms with van der Waals surface area (Å²) in [6.07, 6.45) is -3.39. The van der Waals surface area contributed by atoms with Crippen molar-refractivity contribution < 1.29 is 31.6 Å². The summed E-state index contributed by atoms with van der Waals surface area (Å²) < 4.78 is 67.2. The number of nitrogens with zero attached hydrogens (tertiary/aromatic N) is 5. The third-order valence-corrected chi connectivity index (χ3v) is 8.49. The zero-order valence-corrected chi connectivity index (χ0v) is 23.5. The van der Waals surface area contributed by atoms with Crippen LogP contribution in [0, 0.1) is 5.82 Å². The van der Waals surface area contributed by atoms with Crippen LogP contribution >= 0.6 is 0 Å². The van der Waals surface area contributed by atoms with Crippen LogP contribution in [0.25, 0.3) is 22.3 Å². The second kappa shape index (κ2) is 10.4. The molecule has 1 aromatic carbocycles. The molecule has 0 radical (unpaired) electrons. The first-order chi connectivity index (χ1) is 19.3. The lowest BCUT2D eigenvalue weighted by molar-refractivity contribution is -0.161. The molecule has 0 saturated heterocycles. The predicted octanol–water partition coefficient (Wildman–Crippen LogP) is 5.75. The highest BCUT2D eigenvalue weighted by atomic mass is 28.3. The molecule has 41 heavy (non-hydrogen) atoms. The highest BCUT2D eigenvalue weighted by Gasteiger charge is 2.66. The van der Waals surface area contributed by atoms with Crippen LogP contribution in [0.15, 0.2) is 35.1 Å². The fraction of sp³-hybridized carbons (Fsp3) is 0.400. The van der Waals surface area contributed by atoms with E-state index in [-0.39, 0.29) is 42.7 Å². The summed E-state index contributed by atoms with van der Waals surface area (Å²) in [7, 11) is -1.29. The maximum absolute atomic E-state index is 15.1.